The third-order valence-electron chi connectivity index (χ3n) is 3.46. The molecule has 0 amide bonds. The van der Waals surface area contributed by atoms with Crippen LogP contribution in [0.15, 0.2) is 16.7 Å². The first-order valence-electron chi connectivity index (χ1n) is 8.08. The van der Waals surface area contributed by atoms with Crippen LogP contribution >= 0.6 is 0 Å². The van der Waals surface area contributed by atoms with Crippen molar-refractivity contribution >= 4 is 0 Å². The quantitative estimate of drug-likeness (QED) is 0.536. The molecule has 0 atom stereocenters. The van der Waals surface area contributed by atoms with Gasteiger partial charge < -0.3 is 0 Å². The largest absolute Gasteiger partial charge is 0.0618 e. The van der Waals surface area contributed by atoms with Crippen LogP contribution in [0.3, 0.4) is 0 Å². The lowest BCUT2D eigenvalue weighted by Crippen LogP contribution is -2.13. The fraction of sp³-hybridized carbons (Fsp3) is 0.800. The van der Waals surface area contributed by atoms with Crippen LogP contribution in [0.5, 0.6) is 0 Å². The van der Waals surface area contributed by atoms with E-state index in [2.05, 4.69) is 68.4 Å². The van der Waals surface area contributed by atoms with Gasteiger partial charge in [-0.25, -0.2) is 0 Å². The molecule has 115 valence electrons. The Hall–Kier alpha value is -0.520. The molecule has 0 aliphatic heterocycles. The highest BCUT2D eigenvalue weighted by Crippen LogP contribution is 2.43. The molecule has 0 saturated carbocycles. The van der Waals surface area contributed by atoms with Crippen LogP contribution < -0.4 is 0 Å². The summed E-state index contributed by atoms with van der Waals surface area (Å²) in [5.41, 5.74) is 5.86. The molecule has 0 spiro atoms. The number of hydrogen-bond acceptors (Lipinski definition) is 0. The van der Waals surface area contributed by atoms with Gasteiger partial charge in [-0.05, 0) is 59.2 Å². The van der Waals surface area contributed by atoms with E-state index in [1.165, 1.54) is 18.4 Å². The summed E-state index contributed by atoms with van der Waals surface area (Å²) in [5, 5.41) is 0. The monoisotopic (exact) mass is 275 g/mol. The lowest BCUT2D eigenvalue weighted by atomic mass is 9.78. The van der Waals surface area contributed by atoms with Crippen molar-refractivity contribution in [1.29, 1.82) is 0 Å². The summed E-state index contributed by atoms with van der Waals surface area (Å²) >= 11 is 0. The van der Waals surface area contributed by atoms with E-state index in [9.17, 15) is 0 Å². The molecule has 0 unspecified atom stereocenters. The summed E-state index contributed by atoms with van der Waals surface area (Å²) < 4.78 is 0. The molecule has 0 aromatic carbocycles. The van der Waals surface area contributed by atoms with Gasteiger partial charge in [-0.1, -0.05) is 67.9 Å². The van der Waals surface area contributed by atoms with Crippen LogP contribution in [0.2, 0.25) is 0 Å². The molecule has 0 aromatic heterocycles. The maximum Gasteiger partial charge on any atom is -0.00552 e. The van der Waals surface area contributed by atoms with Gasteiger partial charge in [0.2, 0.25) is 0 Å². The highest BCUT2D eigenvalue weighted by molar-refractivity contribution is 5.41. The molecule has 20 heavy (non-hydrogen) atoms. The second-order valence-corrected chi connectivity index (χ2v) is 10.1. The summed E-state index contributed by atoms with van der Waals surface area (Å²) in [5.74, 6) is 0. The SMILES string of the molecule is CC(C)(C)CC1=[C]CC(CC(C)(C)C)=C1CC(C)(C)C. The van der Waals surface area contributed by atoms with E-state index >= 15 is 0 Å². The molecule has 1 radical (unpaired) electrons. The fourth-order valence-corrected chi connectivity index (χ4v) is 2.91. The molecule has 0 heterocycles. The summed E-state index contributed by atoms with van der Waals surface area (Å²) in [6.07, 6.45) is 8.32. The van der Waals surface area contributed by atoms with Crippen molar-refractivity contribution in [2.75, 3.05) is 0 Å². The molecule has 1 aliphatic carbocycles. The molecule has 0 heteroatoms. The third kappa shape index (κ3) is 6.29. The van der Waals surface area contributed by atoms with Crippen molar-refractivity contribution in [3.63, 3.8) is 0 Å². The highest BCUT2D eigenvalue weighted by Gasteiger charge is 2.27. The summed E-state index contributed by atoms with van der Waals surface area (Å²) in [6.45, 7) is 21.1. The van der Waals surface area contributed by atoms with E-state index in [1.807, 2.05) is 0 Å². The minimum Gasteiger partial charge on any atom is -0.0618 e. The van der Waals surface area contributed by atoms with Gasteiger partial charge in [0.25, 0.3) is 0 Å². The number of allylic oxidation sites excluding steroid dienone is 4. The molecule has 0 N–H and O–H groups in total. The van der Waals surface area contributed by atoms with Crippen LogP contribution in [0.1, 0.15) is 88.0 Å². The van der Waals surface area contributed by atoms with E-state index in [1.54, 1.807) is 11.1 Å². The summed E-state index contributed by atoms with van der Waals surface area (Å²) in [4.78, 5) is 0. The molecule has 0 bridgehead atoms. The lowest BCUT2D eigenvalue weighted by Gasteiger charge is -2.27. The Balaban J connectivity index is 3.02. The van der Waals surface area contributed by atoms with E-state index in [0.717, 1.165) is 12.8 Å². The van der Waals surface area contributed by atoms with Gasteiger partial charge >= 0.3 is 0 Å². The Kier molecular flexibility index (Phi) is 4.99. The van der Waals surface area contributed by atoms with Gasteiger partial charge in [0.1, 0.15) is 0 Å². The molecule has 0 aromatic rings. The fourth-order valence-electron chi connectivity index (χ4n) is 2.91. The van der Waals surface area contributed by atoms with E-state index in [4.69, 9.17) is 0 Å². The summed E-state index contributed by atoms with van der Waals surface area (Å²) in [6, 6.07) is 0. The molecule has 0 nitrogen and oxygen atoms in total. The van der Waals surface area contributed by atoms with Crippen LogP contribution in [-0.4, -0.2) is 0 Å². The zero-order valence-electron chi connectivity index (χ0n) is 15.3. The second-order valence-electron chi connectivity index (χ2n) is 10.1. The lowest BCUT2D eigenvalue weighted by molar-refractivity contribution is 0.382. The van der Waals surface area contributed by atoms with Crippen molar-refractivity contribution in [3.05, 3.63) is 22.8 Å². The Morgan fingerprint density at radius 3 is 1.55 bits per heavy atom. The van der Waals surface area contributed by atoms with Crippen LogP contribution in [-0.2, 0) is 0 Å². The molecule has 1 rings (SSSR count). The van der Waals surface area contributed by atoms with Gasteiger partial charge in [0.15, 0.2) is 0 Å². The maximum atomic E-state index is 3.70. The maximum absolute atomic E-state index is 3.70. The zero-order valence-corrected chi connectivity index (χ0v) is 15.3. The van der Waals surface area contributed by atoms with Crippen molar-refractivity contribution in [2.24, 2.45) is 16.2 Å². The van der Waals surface area contributed by atoms with Crippen LogP contribution in [0.25, 0.3) is 0 Å². The Morgan fingerprint density at radius 1 is 0.700 bits per heavy atom. The second kappa shape index (κ2) is 5.70. The first-order chi connectivity index (χ1) is 8.77. The zero-order chi connectivity index (χ0) is 15.8. The van der Waals surface area contributed by atoms with Gasteiger partial charge in [0.05, 0.1) is 0 Å². The predicted molar refractivity (Wildman–Crippen MR) is 90.6 cm³/mol. The average Bonchev–Trinajstić information content (AvgIpc) is 2.42. The first kappa shape index (κ1) is 17.5. The highest BCUT2D eigenvalue weighted by atomic mass is 14.3. The van der Waals surface area contributed by atoms with Crippen molar-refractivity contribution in [2.45, 2.75) is 88.0 Å². The van der Waals surface area contributed by atoms with E-state index in [0.29, 0.717) is 16.2 Å². The van der Waals surface area contributed by atoms with Crippen molar-refractivity contribution < 1.29 is 0 Å². The van der Waals surface area contributed by atoms with Crippen molar-refractivity contribution in [1.82, 2.24) is 0 Å². The molecule has 0 fully saturated rings. The van der Waals surface area contributed by atoms with Gasteiger partial charge in [-0.2, -0.15) is 0 Å². The molecule has 1 aliphatic rings. The number of rotatable bonds is 3. The van der Waals surface area contributed by atoms with Gasteiger partial charge in [0, 0.05) is 0 Å². The first-order valence-corrected chi connectivity index (χ1v) is 8.08. The standard InChI is InChI=1S/C20H35/c1-18(2,3)12-15-10-11-16(13-19(4,5)6)17(15)14-20(7,8)9/h10,12-14H2,1-9H3. The smallest absolute Gasteiger partial charge is 0.00552 e. The van der Waals surface area contributed by atoms with Gasteiger partial charge in [-0.3, -0.25) is 0 Å². The average molecular weight is 276 g/mol. The molecular formula is C20H35. The topological polar surface area (TPSA) is 0 Å². The van der Waals surface area contributed by atoms with Crippen molar-refractivity contribution in [3.8, 4) is 0 Å². The molecular weight excluding hydrogens is 240 g/mol. The Bertz CT molecular complexity index is 397. The Labute approximate surface area is 127 Å². The minimum absolute atomic E-state index is 0.350. The summed E-state index contributed by atoms with van der Waals surface area (Å²) in [7, 11) is 0. The minimum atomic E-state index is 0.350. The van der Waals surface area contributed by atoms with E-state index in [-0.39, 0.29) is 0 Å². The number of hydrogen-bond donors (Lipinski definition) is 0. The van der Waals surface area contributed by atoms with Crippen LogP contribution in [0.4, 0.5) is 0 Å². The van der Waals surface area contributed by atoms with Gasteiger partial charge in [-0.15, -0.1) is 0 Å². The third-order valence-corrected chi connectivity index (χ3v) is 3.46. The predicted octanol–water partition coefficient (Wildman–Crippen LogP) is 6.72. The Morgan fingerprint density at radius 2 is 1.15 bits per heavy atom. The molecule has 0 saturated heterocycles. The normalized spacial score (nSPS) is 17.8. The van der Waals surface area contributed by atoms with Crippen LogP contribution in [0, 0.1) is 22.3 Å². The van der Waals surface area contributed by atoms with E-state index < -0.39 is 0 Å².